The van der Waals surface area contributed by atoms with Gasteiger partial charge in [-0.3, -0.25) is 4.79 Å². The quantitative estimate of drug-likeness (QED) is 0.319. The average Bonchev–Trinajstić information content (AvgIpc) is 2.67. The Morgan fingerprint density at radius 1 is 1.06 bits per heavy atom. The highest BCUT2D eigenvalue weighted by atomic mass is 16.3. The lowest BCUT2D eigenvalue weighted by Gasteiger charge is -2.65. The molecular weight excluding hydrogens is 430 g/mol. The first-order chi connectivity index (χ1) is 16.2. The maximum atomic E-state index is 13.2. The summed E-state index contributed by atoms with van der Waals surface area (Å²) in [6.07, 6.45) is 15.5. The van der Waals surface area contributed by atoms with Crippen LogP contribution in [0.5, 0.6) is 0 Å². The van der Waals surface area contributed by atoms with Gasteiger partial charge in [0, 0.05) is 11.6 Å². The van der Waals surface area contributed by atoms with Crippen molar-refractivity contribution in [1.29, 1.82) is 0 Å². The van der Waals surface area contributed by atoms with E-state index < -0.39 is 0 Å². The summed E-state index contributed by atoms with van der Waals surface area (Å²) >= 11 is 0. The van der Waals surface area contributed by atoms with E-state index in [2.05, 4.69) is 53.4 Å². The third kappa shape index (κ3) is 4.36. The first kappa shape index (κ1) is 25.6. The number of amides is 1. The van der Waals surface area contributed by atoms with E-state index >= 15 is 0 Å². The summed E-state index contributed by atoms with van der Waals surface area (Å²) in [5, 5.41) is 14.3. The largest absolute Gasteiger partial charge is 0.393 e. The molecule has 35 heavy (non-hydrogen) atoms. The van der Waals surface area contributed by atoms with Crippen LogP contribution in [0, 0.1) is 39.4 Å². The fourth-order valence-electron chi connectivity index (χ4n) is 11.3. The zero-order valence-corrected chi connectivity index (χ0v) is 23.4. The molecule has 6 aliphatic carbocycles. The highest BCUT2D eigenvalue weighted by molar-refractivity contribution is 5.88. The number of hydrogen-bond acceptors (Lipinski definition) is 2. The summed E-state index contributed by atoms with van der Waals surface area (Å²) in [5.74, 6) is 1.92. The molecule has 0 aromatic carbocycles. The molecular formula is C32H51NO2. The van der Waals surface area contributed by atoms with Crippen molar-refractivity contribution >= 4 is 5.91 Å². The number of carbonyl (C=O) groups excluding carboxylic acids is 1. The summed E-state index contributed by atoms with van der Waals surface area (Å²) in [6.45, 7) is 18.6. The minimum atomic E-state index is -0.202. The second-order valence-corrected chi connectivity index (χ2v) is 15.6. The van der Waals surface area contributed by atoms with Crippen LogP contribution >= 0.6 is 0 Å². The van der Waals surface area contributed by atoms with Gasteiger partial charge in [0.05, 0.1) is 6.10 Å². The molecule has 0 radical (unpaired) electrons. The Balaban J connectivity index is 1.24. The van der Waals surface area contributed by atoms with Gasteiger partial charge in [-0.15, -0.1) is 0 Å². The van der Waals surface area contributed by atoms with Crippen molar-refractivity contribution in [1.82, 2.24) is 5.32 Å². The smallest absolute Gasteiger partial charge is 0.244 e. The summed E-state index contributed by atoms with van der Waals surface area (Å²) in [6, 6.07) is 0. The van der Waals surface area contributed by atoms with E-state index in [0.29, 0.717) is 22.7 Å². The zero-order chi connectivity index (χ0) is 25.4. The molecule has 3 nitrogen and oxygen atoms in total. The fraction of sp³-hybridized carbons (Fsp3) is 0.844. The maximum absolute atomic E-state index is 13.2. The van der Waals surface area contributed by atoms with E-state index in [1.807, 2.05) is 6.08 Å². The number of hydrogen-bond donors (Lipinski definition) is 2. The Morgan fingerprint density at radius 2 is 1.71 bits per heavy atom. The van der Waals surface area contributed by atoms with Crippen LogP contribution in [0.2, 0.25) is 0 Å². The van der Waals surface area contributed by atoms with Crippen LogP contribution in [0.1, 0.15) is 119 Å². The van der Waals surface area contributed by atoms with Crippen molar-refractivity contribution in [2.75, 3.05) is 0 Å². The SMILES string of the molecule is C=C1CC[C@@H]2C(C)(C)[C@H](O)CC[C@@]2(C)[C@@H]1CC/C(C)=C/C(=O)NC12CC3CC(C)(CC(C)(C3)C1)C2. The third-order valence-electron chi connectivity index (χ3n) is 11.8. The first-order valence-electron chi connectivity index (χ1n) is 14.5. The second-order valence-electron chi connectivity index (χ2n) is 15.6. The number of nitrogens with one attached hydrogen (secondary N) is 1. The standard InChI is InChI=1S/C32H51NO2/c1-21(8-10-24-22(2)9-11-25-28(3,4)26(34)12-13-31(24,25)7)14-27(35)33-32-17-23-15-29(5,19-32)18-30(6,16-23)20-32/h14,23-26,34H,2,8-13,15-20H2,1,3-7H3,(H,33,35)/b21-14+/t23?,24-,25-,26-,29?,30?,31+,32?/m1/s1. The molecule has 0 aliphatic heterocycles. The van der Waals surface area contributed by atoms with Crippen molar-refractivity contribution in [2.45, 2.75) is 130 Å². The summed E-state index contributed by atoms with van der Waals surface area (Å²) < 4.78 is 0. The van der Waals surface area contributed by atoms with Crippen LogP contribution in [0.25, 0.3) is 0 Å². The van der Waals surface area contributed by atoms with Gasteiger partial charge in [-0.1, -0.05) is 52.3 Å². The fourth-order valence-corrected chi connectivity index (χ4v) is 11.3. The van der Waals surface area contributed by atoms with E-state index in [4.69, 9.17) is 0 Å². The number of allylic oxidation sites excluding steroid dienone is 2. The number of aliphatic hydroxyl groups is 1. The van der Waals surface area contributed by atoms with E-state index in [-0.39, 0.29) is 28.4 Å². The van der Waals surface area contributed by atoms with Gasteiger partial charge >= 0.3 is 0 Å². The van der Waals surface area contributed by atoms with Gasteiger partial charge in [-0.05, 0) is 123 Å². The third-order valence-corrected chi connectivity index (χ3v) is 11.8. The molecule has 6 fully saturated rings. The molecule has 6 rings (SSSR count). The lowest BCUT2D eigenvalue weighted by atomic mass is 9.43. The van der Waals surface area contributed by atoms with Gasteiger partial charge in [0.25, 0.3) is 0 Å². The van der Waals surface area contributed by atoms with Crippen LogP contribution in [0.3, 0.4) is 0 Å². The molecule has 3 heteroatoms. The Hall–Kier alpha value is -1.09. The molecule has 2 N–H and O–H groups in total. The molecule has 196 valence electrons. The first-order valence-corrected chi connectivity index (χ1v) is 14.5. The van der Waals surface area contributed by atoms with Gasteiger partial charge in [0.2, 0.25) is 5.91 Å². The molecule has 2 unspecified atom stereocenters. The topological polar surface area (TPSA) is 49.3 Å². The van der Waals surface area contributed by atoms with Crippen molar-refractivity contribution in [2.24, 2.45) is 39.4 Å². The lowest BCUT2D eigenvalue weighted by Crippen LogP contribution is -2.65. The summed E-state index contributed by atoms with van der Waals surface area (Å²) in [7, 11) is 0. The van der Waals surface area contributed by atoms with Crippen molar-refractivity contribution in [3.05, 3.63) is 23.8 Å². The Bertz CT molecular complexity index is 912. The maximum Gasteiger partial charge on any atom is 0.244 e. The van der Waals surface area contributed by atoms with Crippen LogP contribution in [0.4, 0.5) is 0 Å². The van der Waals surface area contributed by atoms with Crippen LogP contribution in [-0.4, -0.2) is 22.7 Å². The normalized spacial score (nSPS) is 48.5. The van der Waals surface area contributed by atoms with Crippen LogP contribution in [-0.2, 0) is 4.79 Å². The average molecular weight is 482 g/mol. The van der Waals surface area contributed by atoms with Crippen LogP contribution < -0.4 is 5.32 Å². The summed E-state index contributed by atoms with van der Waals surface area (Å²) in [4.78, 5) is 13.2. The molecule has 0 aromatic rings. The predicted octanol–water partition coefficient (Wildman–Crippen LogP) is 7.35. The predicted molar refractivity (Wildman–Crippen MR) is 144 cm³/mol. The molecule has 0 saturated heterocycles. The molecule has 4 bridgehead atoms. The number of fused-ring (bicyclic) bond motifs is 1. The molecule has 0 spiro atoms. The Kier molecular flexibility index (Phi) is 5.99. The minimum Gasteiger partial charge on any atom is -0.393 e. The molecule has 6 saturated carbocycles. The molecule has 0 aromatic heterocycles. The van der Waals surface area contributed by atoms with E-state index in [9.17, 15) is 9.90 Å². The molecule has 0 heterocycles. The lowest BCUT2D eigenvalue weighted by molar-refractivity contribution is -0.136. The van der Waals surface area contributed by atoms with Crippen LogP contribution in [0.15, 0.2) is 23.8 Å². The van der Waals surface area contributed by atoms with Crippen molar-refractivity contribution < 1.29 is 9.90 Å². The number of carbonyl (C=O) groups is 1. The Morgan fingerprint density at radius 3 is 2.34 bits per heavy atom. The molecule has 6 aliphatic rings. The van der Waals surface area contributed by atoms with E-state index in [0.717, 1.165) is 57.3 Å². The minimum absolute atomic E-state index is 0.0175. The highest BCUT2D eigenvalue weighted by Crippen LogP contribution is 2.66. The van der Waals surface area contributed by atoms with Crippen molar-refractivity contribution in [3.8, 4) is 0 Å². The number of rotatable bonds is 5. The van der Waals surface area contributed by atoms with E-state index in [1.54, 1.807) is 0 Å². The monoisotopic (exact) mass is 481 g/mol. The van der Waals surface area contributed by atoms with E-state index in [1.165, 1.54) is 36.8 Å². The zero-order valence-electron chi connectivity index (χ0n) is 23.4. The summed E-state index contributed by atoms with van der Waals surface area (Å²) in [5.41, 5.74) is 3.58. The highest BCUT2D eigenvalue weighted by Gasteiger charge is 2.60. The van der Waals surface area contributed by atoms with Crippen molar-refractivity contribution in [3.63, 3.8) is 0 Å². The van der Waals surface area contributed by atoms with Gasteiger partial charge in [-0.2, -0.15) is 0 Å². The second kappa shape index (κ2) is 8.20. The Labute approximate surface area is 214 Å². The van der Waals surface area contributed by atoms with Gasteiger partial charge in [0.15, 0.2) is 0 Å². The molecule has 6 atom stereocenters. The van der Waals surface area contributed by atoms with Gasteiger partial charge in [-0.25, -0.2) is 0 Å². The number of aliphatic hydroxyl groups excluding tert-OH is 1. The van der Waals surface area contributed by atoms with Gasteiger partial charge < -0.3 is 10.4 Å². The van der Waals surface area contributed by atoms with Gasteiger partial charge in [0.1, 0.15) is 0 Å². The molecule has 1 amide bonds.